The van der Waals surface area contributed by atoms with E-state index in [2.05, 4.69) is 31.1 Å². The van der Waals surface area contributed by atoms with Crippen molar-refractivity contribution in [2.45, 2.75) is 20.3 Å². The van der Waals surface area contributed by atoms with Gasteiger partial charge in [-0.05, 0) is 62.3 Å². The van der Waals surface area contributed by atoms with Gasteiger partial charge in [-0.15, -0.1) is 0 Å². The standard InChI is InChI=1S/C22H28ClN3O/c1-15(2)14-26(3)11-5-10-24-22-18-8-6-16(23)12-21(18)25-20-9-7-17(27-4)13-19(20)22/h6-9,12-13,15H,5,10-11,14H2,1-4H3,(H,24,25). The zero-order valence-electron chi connectivity index (χ0n) is 16.6. The van der Waals surface area contributed by atoms with Gasteiger partial charge in [-0.3, -0.25) is 0 Å². The predicted octanol–water partition coefficient (Wildman–Crippen LogP) is 5.44. The van der Waals surface area contributed by atoms with Gasteiger partial charge < -0.3 is 15.0 Å². The largest absolute Gasteiger partial charge is 0.497 e. The van der Waals surface area contributed by atoms with Crippen LogP contribution in [0.5, 0.6) is 5.75 Å². The molecule has 0 saturated carbocycles. The number of hydrogen-bond donors (Lipinski definition) is 1. The van der Waals surface area contributed by atoms with Crippen LogP contribution in [0.15, 0.2) is 36.4 Å². The Morgan fingerprint density at radius 1 is 1.11 bits per heavy atom. The lowest BCUT2D eigenvalue weighted by molar-refractivity contribution is 0.295. The Balaban J connectivity index is 1.88. The second kappa shape index (κ2) is 8.77. The van der Waals surface area contributed by atoms with E-state index in [4.69, 9.17) is 21.3 Å². The van der Waals surface area contributed by atoms with Crippen LogP contribution in [0.3, 0.4) is 0 Å². The molecule has 0 unspecified atom stereocenters. The quantitative estimate of drug-likeness (QED) is 0.414. The minimum atomic E-state index is 0.688. The van der Waals surface area contributed by atoms with E-state index < -0.39 is 0 Å². The molecule has 3 rings (SSSR count). The van der Waals surface area contributed by atoms with Crippen LogP contribution in [0.4, 0.5) is 5.69 Å². The van der Waals surface area contributed by atoms with Crippen molar-refractivity contribution in [1.82, 2.24) is 9.88 Å². The Hall–Kier alpha value is -2.04. The molecule has 27 heavy (non-hydrogen) atoms. The number of pyridine rings is 1. The lowest BCUT2D eigenvalue weighted by Crippen LogP contribution is -2.25. The number of hydrogen-bond acceptors (Lipinski definition) is 4. The smallest absolute Gasteiger partial charge is 0.119 e. The molecule has 0 radical (unpaired) electrons. The molecule has 0 spiro atoms. The number of fused-ring (bicyclic) bond motifs is 2. The maximum absolute atomic E-state index is 6.19. The molecule has 0 aliphatic carbocycles. The van der Waals surface area contributed by atoms with Gasteiger partial charge in [0, 0.05) is 28.9 Å². The summed E-state index contributed by atoms with van der Waals surface area (Å²) in [6.07, 6.45) is 1.08. The highest BCUT2D eigenvalue weighted by Crippen LogP contribution is 2.34. The lowest BCUT2D eigenvalue weighted by Gasteiger charge is -2.19. The summed E-state index contributed by atoms with van der Waals surface area (Å²) in [6, 6.07) is 11.9. The van der Waals surface area contributed by atoms with E-state index in [1.54, 1.807) is 7.11 Å². The van der Waals surface area contributed by atoms with Crippen LogP contribution in [0.2, 0.25) is 5.02 Å². The van der Waals surface area contributed by atoms with Crippen LogP contribution in [0, 0.1) is 5.92 Å². The molecule has 0 fully saturated rings. The summed E-state index contributed by atoms with van der Waals surface area (Å²) in [6.45, 7) is 7.60. The molecule has 3 aromatic rings. The van der Waals surface area contributed by atoms with E-state index in [1.807, 2.05) is 36.4 Å². The lowest BCUT2D eigenvalue weighted by atomic mass is 10.1. The van der Waals surface area contributed by atoms with Crippen molar-refractivity contribution < 1.29 is 4.74 Å². The molecular weight excluding hydrogens is 358 g/mol. The van der Waals surface area contributed by atoms with Gasteiger partial charge in [0.1, 0.15) is 5.75 Å². The third-order valence-electron chi connectivity index (χ3n) is 4.64. The maximum atomic E-state index is 6.19. The molecule has 4 nitrogen and oxygen atoms in total. The number of benzene rings is 2. The minimum absolute atomic E-state index is 0.688. The van der Waals surface area contributed by atoms with Crippen molar-refractivity contribution in [3.05, 3.63) is 41.4 Å². The molecule has 2 aromatic carbocycles. The Labute approximate surface area is 166 Å². The Kier molecular flexibility index (Phi) is 6.40. The Morgan fingerprint density at radius 3 is 2.67 bits per heavy atom. The number of aromatic nitrogens is 1. The highest BCUT2D eigenvalue weighted by molar-refractivity contribution is 6.31. The van der Waals surface area contributed by atoms with Crippen molar-refractivity contribution in [2.24, 2.45) is 5.92 Å². The average molecular weight is 386 g/mol. The summed E-state index contributed by atoms with van der Waals surface area (Å²) < 4.78 is 5.42. The molecule has 0 aliphatic rings. The average Bonchev–Trinajstić information content (AvgIpc) is 2.63. The topological polar surface area (TPSA) is 37.4 Å². The highest BCUT2D eigenvalue weighted by atomic mass is 35.5. The fraction of sp³-hybridized carbons (Fsp3) is 0.409. The van der Waals surface area contributed by atoms with E-state index in [9.17, 15) is 0 Å². The van der Waals surface area contributed by atoms with Crippen LogP contribution in [0.1, 0.15) is 20.3 Å². The highest BCUT2D eigenvalue weighted by Gasteiger charge is 2.11. The Morgan fingerprint density at radius 2 is 1.93 bits per heavy atom. The SMILES string of the molecule is COc1ccc2nc3cc(Cl)ccc3c(NCCCN(C)CC(C)C)c2c1. The molecule has 0 amide bonds. The fourth-order valence-electron chi connectivity index (χ4n) is 3.49. The van der Waals surface area contributed by atoms with Crippen LogP contribution in [-0.2, 0) is 0 Å². The number of rotatable bonds is 8. The van der Waals surface area contributed by atoms with Crippen LogP contribution < -0.4 is 10.1 Å². The molecule has 0 aliphatic heterocycles. The molecule has 1 aromatic heterocycles. The summed E-state index contributed by atoms with van der Waals surface area (Å²) in [5.41, 5.74) is 2.93. The molecule has 0 saturated heterocycles. The van der Waals surface area contributed by atoms with Crippen molar-refractivity contribution in [3.8, 4) is 5.75 Å². The van der Waals surface area contributed by atoms with Gasteiger partial charge in [0.25, 0.3) is 0 Å². The number of methoxy groups -OCH3 is 1. The normalized spacial score (nSPS) is 11.7. The van der Waals surface area contributed by atoms with Crippen LogP contribution in [-0.4, -0.2) is 43.7 Å². The van der Waals surface area contributed by atoms with E-state index in [-0.39, 0.29) is 0 Å². The zero-order valence-corrected chi connectivity index (χ0v) is 17.3. The molecule has 1 N–H and O–H groups in total. The van der Waals surface area contributed by atoms with Gasteiger partial charge in [-0.25, -0.2) is 4.98 Å². The third-order valence-corrected chi connectivity index (χ3v) is 4.87. The second-order valence-electron chi connectivity index (χ2n) is 7.47. The van der Waals surface area contributed by atoms with Crippen molar-refractivity contribution in [1.29, 1.82) is 0 Å². The predicted molar refractivity (Wildman–Crippen MR) is 116 cm³/mol. The van der Waals surface area contributed by atoms with Gasteiger partial charge in [0.05, 0.1) is 23.8 Å². The van der Waals surface area contributed by atoms with E-state index in [1.165, 1.54) is 0 Å². The van der Waals surface area contributed by atoms with Crippen molar-refractivity contribution in [2.75, 3.05) is 39.1 Å². The summed E-state index contributed by atoms with van der Waals surface area (Å²) in [5, 5.41) is 6.49. The maximum Gasteiger partial charge on any atom is 0.119 e. The first-order chi connectivity index (χ1) is 13.0. The summed E-state index contributed by atoms with van der Waals surface area (Å²) in [7, 11) is 3.87. The second-order valence-corrected chi connectivity index (χ2v) is 7.90. The Bertz CT molecular complexity index is 926. The van der Waals surface area contributed by atoms with Gasteiger partial charge in [-0.2, -0.15) is 0 Å². The van der Waals surface area contributed by atoms with Crippen LogP contribution >= 0.6 is 11.6 Å². The third kappa shape index (κ3) is 4.82. The fourth-order valence-corrected chi connectivity index (χ4v) is 3.66. The summed E-state index contributed by atoms with van der Waals surface area (Å²) in [5.74, 6) is 1.52. The van der Waals surface area contributed by atoms with Gasteiger partial charge in [-0.1, -0.05) is 25.4 Å². The monoisotopic (exact) mass is 385 g/mol. The van der Waals surface area contributed by atoms with Crippen molar-refractivity contribution in [3.63, 3.8) is 0 Å². The van der Waals surface area contributed by atoms with Crippen molar-refractivity contribution >= 4 is 39.1 Å². The number of nitrogens with one attached hydrogen (secondary N) is 1. The first-order valence-corrected chi connectivity index (χ1v) is 9.85. The number of ether oxygens (including phenoxy) is 1. The van der Waals surface area contributed by atoms with Gasteiger partial charge in [0.15, 0.2) is 0 Å². The van der Waals surface area contributed by atoms with E-state index >= 15 is 0 Å². The number of anilines is 1. The summed E-state index contributed by atoms with van der Waals surface area (Å²) >= 11 is 6.19. The molecule has 144 valence electrons. The minimum Gasteiger partial charge on any atom is -0.497 e. The zero-order chi connectivity index (χ0) is 19.4. The van der Waals surface area contributed by atoms with Crippen LogP contribution in [0.25, 0.3) is 21.8 Å². The molecular formula is C22H28ClN3O. The molecule has 0 bridgehead atoms. The first-order valence-electron chi connectivity index (χ1n) is 9.47. The molecule has 5 heteroatoms. The first kappa shape index (κ1) is 19.7. The van der Waals surface area contributed by atoms with E-state index in [0.717, 1.165) is 59.3 Å². The van der Waals surface area contributed by atoms with Gasteiger partial charge >= 0.3 is 0 Å². The number of halogens is 1. The molecule has 1 heterocycles. The van der Waals surface area contributed by atoms with E-state index in [0.29, 0.717) is 10.9 Å². The van der Waals surface area contributed by atoms with Gasteiger partial charge in [0.2, 0.25) is 0 Å². The number of nitrogens with zero attached hydrogens (tertiary/aromatic N) is 2. The summed E-state index contributed by atoms with van der Waals surface area (Å²) in [4.78, 5) is 7.16. The molecule has 0 atom stereocenters.